The normalized spacial score (nSPS) is 21.4. The van der Waals surface area contributed by atoms with E-state index in [4.69, 9.17) is 0 Å². The van der Waals surface area contributed by atoms with Crippen LogP contribution in [0.5, 0.6) is 0 Å². The highest BCUT2D eigenvalue weighted by Crippen LogP contribution is 2.37. The van der Waals surface area contributed by atoms with Gasteiger partial charge in [0.25, 0.3) is 0 Å². The molecule has 2 aliphatic rings. The van der Waals surface area contributed by atoms with E-state index in [0.29, 0.717) is 6.42 Å². The number of fused-ring (bicyclic) bond motifs is 2. The lowest BCUT2D eigenvalue weighted by Gasteiger charge is -2.37. The summed E-state index contributed by atoms with van der Waals surface area (Å²) in [5.41, 5.74) is 6.96. The third kappa shape index (κ3) is 2.18. The molecule has 0 fully saturated rings. The summed E-state index contributed by atoms with van der Waals surface area (Å²) < 4.78 is 0. The molecule has 1 amide bonds. The van der Waals surface area contributed by atoms with E-state index in [0.717, 1.165) is 30.9 Å². The number of hydrogen-bond acceptors (Lipinski definition) is 4. The van der Waals surface area contributed by atoms with E-state index >= 15 is 0 Å². The van der Waals surface area contributed by atoms with Crippen molar-refractivity contribution in [2.45, 2.75) is 32.7 Å². The maximum Gasteiger partial charge on any atom is 0.224 e. The number of hydrazine groups is 1. The smallest absolute Gasteiger partial charge is 0.224 e. The van der Waals surface area contributed by atoms with Gasteiger partial charge in [0, 0.05) is 18.3 Å². The molecule has 106 valence electrons. The second-order valence-electron chi connectivity index (χ2n) is 5.35. The number of pyridine rings is 1. The summed E-state index contributed by atoms with van der Waals surface area (Å²) in [7, 11) is 0. The Bertz CT molecular complexity index is 567. The number of nitrogens with zero attached hydrogens (tertiary/aromatic N) is 2. The fourth-order valence-electron chi connectivity index (χ4n) is 2.99. The second-order valence-corrected chi connectivity index (χ2v) is 5.35. The van der Waals surface area contributed by atoms with Crippen LogP contribution < -0.4 is 15.8 Å². The largest absolute Gasteiger partial charge is 0.349 e. The Morgan fingerprint density at radius 2 is 2.40 bits per heavy atom. The summed E-state index contributed by atoms with van der Waals surface area (Å²) in [6.45, 7) is 5.81. The molecule has 0 aromatic carbocycles. The molecule has 20 heavy (non-hydrogen) atoms. The molecule has 2 aliphatic heterocycles. The van der Waals surface area contributed by atoms with E-state index in [1.807, 2.05) is 19.2 Å². The van der Waals surface area contributed by atoms with Crippen LogP contribution in [0.25, 0.3) is 5.57 Å². The van der Waals surface area contributed by atoms with Crippen molar-refractivity contribution in [2.75, 3.05) is 18.1 Å². The van der Waals surface area contributed by atoms with Crippen LogP contribution in [-0.4, -0.2) is 30.0 Å². The standard InChI is InChI=1S/C15H20N4O/c1-3-6-17-19-9-11-8-13(20)18-10(2)14(11)12-5-4-7-16-15(12)19/h4-5,7,10,17H,3,6,8-9H2,1-2H3,(H,18,20). The average Bonchev–Trinajstić information content (AvgIpc) is 2.43. The topological polar surface area (TPSA) is 57.3 Å². The van der Waals surface area contributed by atoms with E-state index in [1.165, 1.54) is 11.1 Å². The molecule has 0 saturated heterocycles. The van der Waals surface area contributed by atoms with Crippen LogP contribution in [-0.2, 0) is 4.79 Å². The van der Waals surface area contributed by atoms with Crippen LogP contribution in [0.1, 0.15) is 32.3 Å². The quantitative estimate of drug-likeness (QED) is 0.875. The number of anilines is 1. The number of rotatable bonds is 3. The average molecular weight is 272 g/mol. The lowest BCUT2D eigenvalue weighted by atomic mass is 9.87. The molecule has 0 aliphatic carbocycles. The van der Waals surface area contributed by atoms with Crippen molar-refractivity contribution in [1.29, 1.82) is 0 Å². The van der Waals surface area contributed by atoms with E-state index in [-0.39, 0.29) is 11.9 Å². The molecule has 0 spiro atoms. The molecule has 1 aromatic heterocycles. The van der Waals surface area contributed by atoms with Crippen molar-refractivity contribution < 1.29 is 4.79 Å². The highest BCUT2D eigenvalue weighted by Gasteiger charge is 2.32. The molecule has 2 N–H and O–H groups in total. The van der Waals surface area contributed by atoms with E-state index in [1.54, 1.807) is 0 Å². The van der Waals surface area contributed by atoms with Crippen LogP contribution in [0, 0.1) is 0 Å². The summed E-state index contributed by atoms with van der Waals surface area (Å²) in [5.74, 6) is 1.07. The Morgan fingerprint density at radius 3 is 3.20 bits per heavy atom. The molecule has 1 unspecified atom stereocenters. The van der Waals surface area contributed by atoms with Crippen LogP contribution in [0.3, 0.4) is 0 Å². The molecule has 0 saturated carbocycles. The van der Waals surface area contributed by atoms with Crippen LogP contribution >= 0.6 is 0 Å². The van der Waals surface area contributed by atoms with Gasteiger partial charge in [0.05, 0.1) is 19.0 Å². The fraction of sp³-hybridized carbons (Fsp3) is 0.467. The Labute approximate surface area is 119 Å². The minimum atomic E-state index is 0.0579. The van der Waals surface area contributed by atoms with Crippen molar-refractivity contribution in [2.24, 2.45) is 0 Å². The van der Waals surface area contributed by atoms with Crippen LogP contribution in [0.2, 0.25) is 0 Å². The Hall–Kier alpha value is -1.88. The van der Waals surface area contributed by atoms with Gasteiger partial charge in [0.1, 0.15) is 0 Å². The van der Waals surface area contributed by atoms with E-state index < -0.39 is 0 Å². The molecule has 5 heteroatoms. The van der Waals surface area contributed by atoms with Gasteiger partial charge in [-0.1, -0.05) is 6.92 Å². The van der Waals surface area contributed by atoms with Crippen LogP contribution in [0.15, 0.2) is 23.9 Å². The monoisotopic (exact) mass is 272 g/mol. The predicted octanol–water partition coefficient (Wildman–Crippen LogP) is 1.48. The third-order valence-electron chi connectivity index (χ3n) is 3.80. The van der Waals surface area contributed by atoms with Crippen molar-refractivity contribution >= 4 is 17.3 Å². The minimum Gasteiger partial charge on any atom is -0.349 e. The van der Waals surface area contributed by atoms with Gasteiger partial charge in [-0.15, -0.1) is 0 Å². The maximum absolute atomic E-state index is 11.8. The Kier molecular flexibility index (Phi) is 3.44. The number of amides is 1. The van der Waals surface area contributed by atoms with Gasteiger partial charge < -0.3 is 5.32 Å². The zero-order chi connectivity index (χ0) is 14.1. The van der Waals surface area contributed by atoms with E-state index in [2.05, 4.69) is 33.7 Å². The summed E-state index contributed by atoms with van der Waals surface area (Å²) in [6, 6.07) is 4.10. The molecule has 0 radical (unpaired) electrons. The zero-order valence-electron chi connectivity index (χ0n) is 11.9. The molecule has 1 atom stereocenters. The lowest BCUT2D eigenvalue weighted by molar-refractivity contribution is -0.121. The number of carbonyl (C=O) groups excluding carboxylic acids is 1. The number of hydrogen-bond donors (Lipinski definition) is 2. The second kappa shape index (κ2) is 5.25. The van der Waals surface area contributed by atoms with Gasteiger partial charge in [-0.3, -0.25) is 9.80 Å². The van der Waals surface area contributed by atoms with E-state index in [9.17, 15) is 4.79 Å². The van der Waals surface area contributed by atoms with Gasteiger partial charge in [-0.05, 0) is 36.6 Å². The summed E-state index contributed by atoms with van der Waals surface area (Å²) in [5, 5.41) is 5.09. The Morgan fingerprint density at radius 1 is 1.55 bits per heavy atom. The fourth-order valence-corrected chi connectivity index (χ4v) is 2.99. The van der Waals surface area contributed by atoms with Crippen LogP contribution in [0.4, 0.5) is 5.82 Å². The van der Waals surface area contributed by atoms with Crippen molar-refractivity contribution in [3.8, 4) is 0 Å². The molecule has 0 bridgehead atoms. The van der Waals surface area contributed by atoms with Gasteiger partial charge in [-0.2, -0.15) is 0 Å². The van der Waals surface area contributed by atoms with Crippen molar-refractivity contribution in [1.82, 2.24) is 15.7 Å². The first-order valence-corrected chi connectivity index (χ1v) is 7.18. The first-order chi connectivity index (χ1) is 9.70. The molecular formula is C15H20N4O. The molecule has 3 rings (SSSR count). The van der Waals surface area contributed by atoms with Gasteiger partial charge in [-0.25, -0.2) is 10.4 Å². The van der Waals surface area contributed by atoms with Gasteiger partial charge in [0.2, 0.25) is 5.91 Å². The first kappa shape index (κ1) is 13.1. The van der Waals surface area contributed by atoms with Gasteiger partial charge >= 0.3 is 0 Å². The molecule has 5 nitrogen and oxygen atoms in total. The maximum atomic E-state index is 11.8. The summed E-state index contributed by atoms with van der Waals surface area (Å²) in [4.78, 5) is 16.3. The third-order valence-corrected chi connectivity index (χ3v) is 3.80. The highest BCUT2D eigenvalue weighted by molar-refractivity contribution is 5.93. The highest BCUT2D eigenvalue weighted by atomic mass is 16.1. The van der Waals surface area contributed by atoms with Crippen molar-refractivity contribution in [3.63, 3.8) is 0 Å². The summed E-state index contributed by atoms with van der Waals surface area (Å²) >= 11 is 0. The lowest BCUT2D eigenvalue weighted by Crippen LogP contribution is -2.48. The number of nitrogens with one attached hydrogen (secondary N) is 2. The van der Waals surface area contributed by atoms with Gasteiger partial charge in [0.15, 0.2) is 5.82 Å². The first-order valence-electron chi connectivity index (χ1n) is 7.18. The Balaban J connectivity index is 2.03. The number of carbonyl (C=O) groups is 1. The predicted molar refractivity (Wildman–Crippen MR) is 79.0 cm³/mol. The summed E-state index contributed by atoms with van der Waals surface area (Å²) in [6.07, 6.45) is 3.36. The SMILES string of the molecule is CCCNN1CC2=C(c3cccnc31)C(C)NC(=O)C2. The molecule has 3 heterocycles. The zero-order valence-corrected chi connectivity index (χ0v) is 11.9. The molecular weight excluding hydrogens is 252 g/mol. The minimum absolute atomic E-state index is 0.0579. The molecule has 1 aromatic rings. The van der Waals surface area contributed by atoms with Crippen molar-refractivity contribution in [3.05, 3.63) is 29.5 Å². The number of aromatic nitrogens is 1.